The van der Waals surface area contributed by atoms with Gasteiger partial charge in [-0.3, -0.25) is 0 Å². The van der Waals surface area contributed by atoms with Crippen molar-refractivity contribution in [3.63, 3.8) is 0 Å². The minimum atomic E-state index is 0.421. The summed E-state index contributed by atoms with van der Waals surface area (Å²) in [6, 6.07) is 10.1. The third-order valence-electron chi connectivity index (χ3n) is 3.40. The van der Waals surface area contributed by atoms with Crippen LogP contribution in [-0.4, -0.2) is 18.2 Å². The third kappa shape index (κ3) is 2.18. The number of hydrogen-bond donors (Lipinski definition) is 1. The molecule has 1 aromatic carbocycles. The number of nitrogens with two attached hydrogens (primary N) is 1. The number of rotatable bonds is 2. The maximum Gasteiger partial charge on any atom is 0.169 e. The van der Waals surface area contributed by atoms with E-state index in [1.165, 1.54) is 24.9 Å². The van der Waals surface area contributed by atoms with Crippen molar-refractivity contribution >= 4 is 11.5 Å². The monoisotopic (exact) mass is 243 g/mol. The molecular weight excluding hydrogens is 226 g/mol. The van der Waals surface area contributed by atoms with Crippen LogP contribution in [0.3, 0.4) is 0 Å². The molecule has 94 valence electrons. The molecule has 0 bridgehead atoms. The van der Waals surface area contributed by atoms with E-state index in [9.17, 15) is 0 Å². The number of nitrogens with zero attached hydrogens (tertiary/aromatic N) is 2. The predicted octanol–water partition coefficient (Wildman–Crippen LogP) is 2.91. The zero-order chi connectivity index (χ0) is 12.4. The van der Waals surface area contributed by atoms with Gasteiger partial charge in [-0.15, -0.1) is 0 Å². The van der Waals surface area contributed by atoms with Gasteiger partial charge in [-0.2, -0.15) is 0 Å². The molecule has 18 heavy (non-hydrogen) atoms. The lowest BCUT2D eigenvalue weighted by molar-refractivity contribution is 0.436. The summed E-state index contributed by atoms with van der Waals surface area (Å²) in [6.45, 7) is 2.32. The molecule has 1 aliphatic rings. The van der Waals surface area contributed by atoms with Crippen molar-refractivity contribution in [1.29, 1.82) is 0 Å². The van der Waals surface area contributed by atoms with Crippen LogP contribution in [0.25, 0.3) is 11.3 Å². The zero-order valence-electron chi connectivity index (χ0n) is 10.3. The molecule has 0 unspecified atom stereocenters. The van der Waals surface area contributed by atoms with Gasteiger partial charge in [0.05, 0.1) is 0 Å². The number of piperidine rings is 1. The zero-order valence-corrected chi connectivity index (χ0v) is 10.3. The van der Waals surface area contributed by atoms with Gasteiger partial charge in [0.1, 0.15) is 0 Å². The second-order valence-corrected chi connectivity index (χ2v) is 4.71. The van der Waals surface area contributed by atoms with Crippen LogP contribution in [0.15, 0.2) is 34.9 Å². The van der Waals surface area contributed by atoms with Crippen molar-refractivity contribution in [2.24, 2.45) is 0 Å². The molecule has 2 N–H and O–H groups in total. The molecule has 2 heterocycles. The van der Waals surface area contributed by atoms with Gasteiger partial charge in [0.2, 0.25) is 0 Å². The molecule has 0 amide bonds. The molecule has 0 spiro atoms. The summed E-state index contributed by atoms with van der Waals surface area (Å²) >= 11 is 0. The maximum atomic E-state index is 5.55. The quantitative estimate of drug-likeness (QED) is 0.881. The first kappa shape index (κ1) is 11.1. The average Bonchev–Trinajstić information content (AvgIpc) is 2.87. The van der Waals surface area contributed by atoms with Crippen LogP contribution in [0.2, 0.25) is 0 Å². The molecule has 3 rings (SSSR count). The molecule has 0 saturated carbocycles. The summed E-state index contributed by atoms with van der Waals surface area (Å²) in [5, 5.41) is 3.70. The number of anilines is 2. The highest BCUT2D eigenvalue weighted by Gasteiger charge is 2.11. The average molecular weight is 243 g/mol. The van der Waals surface area contributed by atoms with Crippen molar-refractivity contribution in [1.82, 2.24) is 5.16 Å². The van der Waals surface area contributed by atoms with Gasteiger partial charge in [0.15, 0.2) is 11.6 Å². The van der Waals surface area contributed by atoms with Crippen molar-refractivity contribution in [2.45, 2.75) is 19.3 Å². The summed E-state index contributed by atoms with van der Waals surface area (Å²) in [4.78, 5) is 2.43. The molecule has 2 aromatic rings. The number of hydrogen-bond acceptors (Lipinski definition) is 4. The lowest BCUT2D eigenvalue weighted by Crippen LogP contribution is -2.29. The number of nitrogen functional groups attached to an aromatic ring is 1. The van der Waals surface area contributed by atoms with Crippen LogP contribution in [0.1, 0.15) is 19.3 Å². The summed E-state index contributed by atoms with van der Waals surface area (Å²) in [7, 11) is 0. The molecular formula is C14H17N3O. The Morgan fingerprint density at radius 1 is 1.06 bits per heavy atom. The molecule has 0 radical (unpaired) electrons. The van der Waals surface area contributed by atoms with E-state index in [0.29, 0.717) is 5.82 Å². The SMILES string of the molecule is Nc1cc(-c2ccc(N3CCCCC3)cc2)on1. The molecule has 0 aliphatic carbocycles. The number of benzene rings is 1. The van der Waals surface area contributed by atoms with Gasteiger partial charge in [-0.05, 0) is 43.5 Å². The van der Waals surface area contributed by atoms with E-state index in [2.05, 4.69) is 34.3 Å². The Labute approximate surface area is 106 Å². The molecule has 1 saturated heterocycles. The Balaban J connectivity index is 1.80. The van der Waals surface area contributed by atoms with Crippen molar-refractivity contribution in [2.75, 3.05) is 23.7 Å². The minimum Gasteiger partial charge on any atom is -0.381 e. The predicted molar refractivity (Wildman–Crippen MR) is 72.4 cm³/mol. The second-order valence-electron chi connectivity index (χ2n) is 4.71. The fraction of sp³-hybridized carbons (Fsp3) is 0.357. The van der Waals surface area contributed by atoms with Crippen molar-refractivity contribution in [3.05, 3.63) is 30.3 Å². The van der Waals surface area contributed by atoms with Crippen LogP contribution in [-0.2, 0) is 0 Å². The van der Waals surface area contributed by atoms with Gasteiger partial charge in [-0.1, -0.05) is 5.16 Å². The van der Waals surface area contributed by atoms with Gasteiger partial charge in [-0.25, -0.2) is 0 Å². The van der Waals surface area contributed by atoms with Gasteiger partial charge >= 0.3 is 0 Å². The standard InChI is InChI=1S/C14H17N3O/c15-14-10-13(18-16-14)11-4-6-12(7-5-11)17-8-2-1-3-9-17/h4-7,10H,1-3,8-9H2,(H2,15,16). The van der Waals surface area contributed by atoms with E-state index >= 15 is 0 Å². The highest BCUT2D eigenvalue weighted by Crippen LogP contribution is 2.25. The fourth-order valence-corrected chi connectivity index (χ4v) is 2.41. The summed E-state index contributed by atoms with van der Waals surface area (Å²) in [5.41, 5.74) is 7.85. The first-order valence-electron chi connectivity index (χ1n) is 6.40. The van der Waals surface area contributed by atoms with E-state index in [1.807, 2.05) is 0 Å². The Morgan fingerprint density at radius 3 is 2.39 bits per heavy atom. The largest absolute Gasteiger partial charge is 0.381 e. The highest BCUT2D eigenvalue weighted by molar-refractivity contribution is 5.63. The number of aromatic nitrogens is 1. The lowest BCUT2D eigenvalue weighted by Gasteiger charge is -2.28. The van der Waals surface area contributed by atoms with E-state index in [4.69, 9.17) is 10.3 Å². The molecule has 4 heteroatoms. The van der Waals surface area contributed by atoms with Crippen LogP contribution >= 0.6 is 0 Å². The molecule has 4 nitrogen and oxygen atoms in total. The van der Waals surface area contributed by atoms with E-state index < -0.39 is 0 Å². The topological polar surface area (TPSA) is 55.3 Å². The Morgan fingerprint density at radius 2 is 1.78 bits per heavy atom. The van der Waals surface area contributed by atoms with Gasteiger partial charge in [0, 0.05) is 30.4 Å². The fourth-order valence-electron chi connectivity index (χ4n) is 2.41. The molecule has 1 aromatic heterocycles. The lowest BCUT2D eigenvalue weighted by atomic mass is 10.1. The molecule has 0 atom stereocenters. The van der Waals surface area contributed by atoms with Crippen LogP contribution in [0.4, 0.5) is 11.5 Å². The van der Waals surface area contributed by atoms with E-state index in [-0.39, 0.29) is 0 Å². The van der Waals surface area contributed by atoms with E-state index in [0.717, 1.165) is 24.4 Å². The van der Waals surface area contributed by atoms with Gasteiger partial charge < -0.3 is 15.2 Å². The second kappa shape index (κ2) is 4.72. The Bertz CT molecular complexity index is 512. The molecule has 1 aliphatic heterocycles. The van der Waals surface area contributed by atoms with Crippen LogP contribution < -0.4 is 10.6 Å². The normalized spacial score (nSPS) is 15.9. The first-order chi connectivity index (χ1) is 8.83. The Kier molecular flexibility index (Phi) is 2.92. The van der Waals surface area contributed by atoms with Crippen LogP contribution in [0, 0.1) is 0 Å². The van der Waals surface area contributed by atoms with Gasteiger partial charge in [0.25, 0.3) is 0 Å². The summed E-state index contributed by atoms with van der Waals surface area (Å²) in [5.74, 6) is 1.14. The third-order valence-corrected chi connectivity index (χ3v) is 3.40. The first-order valence-corrected chi connectivity index (χ1v) is 6.40. The Hall–Kier alpha value is -1.97. The van der Waals surface area contributed by atoms with Crippen LogP contribution in [0.5, 0.6) is 0 Å². The van der Waals surface area contributed by atoms with Crippen molar-refractivity contribution in [3.8, 4) is 11.3 Å². The molecule has 1 fully saturated rings. The summed E-state index contributed by atoms with van der Waals surface area (Å²) in [6.07, 6.45) is 3.94. The highest BCUT2D eigenvalue weighted by atomic mass is 16.5. The minimum absolute atomic E-state index is 0.421. The van der Waals surface area contributed by atoms with E-state index in [1.54, 1.807) is 6.07 Å². The smallest absolute Gasteiger partial charge is 0.169 e. The summed E-state index contributed by atoms with van der Waals surface area (Å²) < 4.78 is 5.15. The maximum absolute atomic E-state index is 5.55. The van der Waals surface area contributed by atoms with Crippen molar-refractivity contribution < 1.29 is 4.52 Å².